The van der Waals surface area contributed by atoms with Crippen LogP contribution < -0.4 is 14.9 Å². The van der Waals surface area contributed by atoms with E-state index in [4.69, 9.17) is 9.47 Å². The molecule has 1 amide bonds. The lowest BCUT2D eigenvalue weighted by molar-refractivity contribution is -0.129. The lowest BCUT2D eigenvalue weighted by atomic mass is 10.2. The molecule has 0 unspecified atom stereocenters. The Bertz CT molecular complexity index is 1110. The number of amides is 1. The zero-order valence-electron chi connectivity index (χ0n) is 16.6. The van der Waals surface area contributed by atoms with Gasteiger partial charge in [-0.05, 0) is 59.7 Å². The summed E-state index contributed by atoms with van der Waals surface area (Å²) in [6.07, 6.45) is 4.39. The smallest absolute Gasteiger partial charge is 0.336 e. The molecule has 7 heteroatoms. The monoisotopic (exact) mass is 418 g/mol. The van der Waals surface area contributed by atoms with Crippen molar-refractivity contribution in [1.29, 1.82) is 0 Å². The van der Waals surface area contributed by atoms with E-state index in [0.29, 0.717) is 11.3 Å². The molecular weight excluding hydrogens is 399 g/mol. The van der Waals surface area contributed by atoms with Gasteiger partial charge in [-0.25, -0.2) is 14.6 Å². The number of methoxy groups -OCH3 is 1. The molecule has 0 aliphatic rings. The van der Waals surface area contributed by atoms with E-state index >= 15 is 0 Å². The second-order valence-electron chi connectivity index (χ2n) is 6.28. The molecular formula is C24H19FN2O4. The molecule has 3 aromatic carbocycles. The van der Waals surface area contributed by atoms with E-state index in [2.05, 4.69) is 10.5 Å². The van der Waals surface area contributed by atoms with Crippen molar-refractivity contribution in [2.45, 2.75) is 0 Å². The number of carbonyl (C=O) groups excluding carboxylic acids is 2. The summed E-state index contributed by atoms with van der Waals surface area (Å²) < 4.78 is 23.5. The van der Waals surface area contributed by atoms with E-state index in [1.165, 1.54) is 43.7 Å². The lowest BCUT2D eigenvalue weighted by Gasteiger charge is -2.08. The van der Waals surface area contributed by atoms with E-state index in [0.717, 1.165) is 5.56 Å². The van der Waals surface area contributed by atoms with Crippen LogP contribution in [0.15, 0.2) is 84.0 Å². The van der Waals surface area contributed by atoms with Crippen LogP contribution in [0.3, 0.4) is 0 Å². The minimum absolute atomic E-state index is 0.248. The van der Waals surface area contributed by atoms with Gasteiger partial charge in [-0.15, -0.1) is 0 Å². The van der Waals surface area contributed by atoms with E-state index in [1.54, 1.807) is 24.3 Å². The first kappa shape index (κ1) is 21.4. The fraction of sp³-hybridized carbons (Fsp3) is 0.0417. The maximum Gasteiger partial charge on any atom is 0.336 e. The van der Waals surface area contributed by atoms with Gasteiger partial charge in [0.1, 0.15) is 5.82 Å². The van der Waals surface area contributed by atoms with Gasteiger partial charge in [0.15, 0.2) is 11.5 Å². The highest BCUT2D eigenvalue weighted by Crippen LogP contribution is 2.27. The fourth-order valence-corrected chi connectivity index (χ4v) is 2.55. The maximum absolute atomic E-state index is 12.9. The predicted octanol–water partition coefficient (Wildman–Crippen LogP) is 4.22. The van der Waals surface area contributed by atoms with Gasteiger partial charge < -0.3 is 9.47 Å². The number of nitrogens with zero attached hydrogens (tertiary/aromatic N) is 1. The van der Waals surface area contributed by atoms with Crippen LogP contribution in [0, 0.1) is 5.82 Å². The van der Waals surface area contributed by atoms with Gasteiger partial charge in [-0.2, -0.15) is 5.10 Å². The molecule has 0 aromatic heterocycles. The average Bonchev–Trinajstić information content (AvgIpc) is 2.79. The zero-order valence-corrected chi connectivity index (χ0v) is 16.6. The van der Waals surface area contributed by atoms with Gasteiger partial charge in [0, 0.05) is 11.6 Å². The molecule has 0 radical (unpaired) electrons. The fourth-order valence-electron chi connectivity index (χ4n) is 2.55. The van der Waals surface area contributed by atoms with Gasteiger partial charge in [0.2, 0.25) is 0 Å². The number of hydrogen-bond acceptors (Lipinski definition) is 5. The molecule has 0 bridgehead atoms. The summed E-state index contributed by atoms with van der Waals surface area (Å²) in [5, 5.41) is 3.88. The van der Waals surface area contributed by atoms with Crippen LogP contribution in [0.25, 0.3) is 6.08 Å². The van der Waals surface area contributed by atoms with Crippen molar-refractivity contribution >= 4 is 24.2 Å². The third-order valence-electron chi connectivity index (χ3n) is 4.10. The standard InChI is InChI=1S/C24H19FN2O4/c1-30-22-15-18(16-26-27-24(29)19-9-11-20(25)12-10-19)7-13-21(22)31-23(28)14-8-17-5-3-2-4-6-17/h2-16H,1H3,(H,27,29)/b14-8+,26-16-. The molecule has 0 aliphatic carbocycles. The third kappa shape index (κ3) is 6.37. The number of esters is 1. The van der Waals surface area contributed by atoms with Crippen molar-refractivity contribution < 1.29 is 23.5 Å². The van der Waals surface area contributed by atoms with Gasteiger partial charge in [-0.1, -0.05) is 30.3 Å². The number of halogens is 1. The number of benzene rings is 3. The Morgan fingerprint density at radius 2 is 1.68 bits per heavy atom. The van der Waals surface area contributed by atoms with Crippen molar-refractivity contribution in [1.82, 2.24) is 5.43 Å². The van der Waals surface area contributed by atoms with Crippen molar-refractivity contribution in [2.75, 3.05) is 7.11 Å². The van der Waals surface area contributed by atoms with Gasteiger partial charge in [0.05, 0.1) is 13.3 Å². The van der Waals surface area contributed by atoms with E-state index in [9.17, 15) is 14.0 Å². The molecule has 3 aromatic rings. The molecule has 0 saturated carbocycles. The maximum atomic E-state index is 12.9. The number of ether oxygens (including phenoxy) is 2. The Balaban J connectivity index is 1.61. The molecule has 0 spiro atoms. The Labute approximate surface area is 178 Å². The van der Waals surface area contributed by atoms with Gasteiger partial charge in [0.25, 0.3) is 5.91 Å². The molecule has 31 heavy (non-hydrogen) atoms. The van der Waals surface area contributed by atoms with Gasteiger partial charge >= 0.3 is 5.97 Å². The van der Waals surface area contributed by atoms with E-state index in [1.807, 2.05) is 30.3 Å². The van der Waals surface area contributed by atoms with E-state index < -0.39 is 17.7 Å². The molecule has 0 heterocycles. The molecule has 1 N–H and O–H groups in total. The topological polar surface area (TPSA) is 77.0 Å². The Morgan fingerprint density at radius 3 is 2.39 bits per heavy atom. The summed E-state index contributed by atoms with van der Waals surface area (Å²) in [6, 6.07) is 19.3. The second-order valence-corrected chi connectivity index (χ2v) is 6.28. The molecule has 0 aliphatic heterocycles. The highest BCUT2D eigenvalue weighted by atomic mass is 19.1. The molecule has 0 fully saturated rings. The number of rotatable bonds is 7. The second kappa shape index (κ2) is 10.5. The van der Waals surface area contributed by atoms with E-state index in [-0.39, 0.29) is 11.3 Å². The number of nitrogens with one attached hydrogen (secondary N) is 1. The molecule has 3 rings (SSSR count). The first-order chi connectivity index (χ1) is 15.0. The van der Waals surface area contributed by atoms with Crippen LogP contribution in [0.5, 0.6) is 11.5 Å². The highest BCUT2D eigenvalue weighted by Gasteiger charge is 2.09. The molecule has 0 atom stereocenters. The van der Waals surface area contributed by atoms with Gasteiger partial charge in [-0.3, -0.25) is 4.79 Å². The van der Waals surface area contributed by atoms with Crippen LogP contribution in [-0.2, 0) is 4.79 Å². The van der Waals surface area contributed by atoms with Crippen LogP contribution in [-0.4, -0.2) is 25.2 Å². The minimum Gasteiger partial charge on any atom is -0.493 e. The number of carbonyl (C=O) groups is 2. The number of hydrazone groups is 1. The lowest BCUT2D eigenvalue weighted by Crippen LogP contribution is -2.17. The van der Waals surface area contributed by atoms with Crippen LogP contribution in [0.2, 0.25) is 0 Å². The van der Waals surface area contributed by atoms with Crippen molar-refractivity contribution in [3.8, 4) is 11.5 Å². The SMILES string of the molecule is COc1cc(/C=N\NC(=O)c2ccc(F)cc2)ccc1OC(=O)/C=C/c1ccccc1. The molecule has 156 valence electrons. The third-order valence-corrected chi connectivity index (χ3v) is 4.10. The first-order valence-corrected chi connectivity index (χ1v) is 9.27. The normalized spacial score (nSPS) is 10.9. The molecule has 6 nitrogen and oxygen atoms in total. The largest absolute Gasteiger partial charge is 0.493 e. The highest BCUT2D eigenvalue weighted by molar-refractivity contribution is 5.95. The summed E-state index contributed by atoms with van der Waals surface area (Å²) in [6.45, 7) is 0. The first-order valence-electron chi connectivity index (χ1n) is 9.27. The Kier molecular flexibility index (Phi) is 7.26. The molecule has 0 saturated heterocycles. The Hall–Kier alpha value is -4.26. The summed E-state index contributed by atoms with van der Waals surface area (Å²) in [7, 11) is 1.45. The summed E-state index contributed by atoms with van der Waals surface area (Å²) >= 11 is 0. The minimum atomic E-state index is -0.546. The quantitative estimate of drug-likeness (QED) is 0.205. The summed E-state index contributed by atoms with van der Waals surface area (Å²) in [4.78, 5) is 24.1. The number of hydrogen-bond donors (Lipinski definition) is 1. The van der Waals surface area contributed by atoms with Crippen LogP contribution in [0.4, 0.5) is 4.39 Å². The summed E-state index contributed by atoms with van der Waals surface area (Å²) in [5.41, 5.74) is 4.12. The zero-order chi connectivity index (χ0) is 22.1. The van der Waals surface area contributed by atoms with Crippen LogP contribution in [0.1, 0.15) is 21.5 Å². The van der Waals surface area contributed by atoms with Crippen molar-refractivity contribution in [3.05, 3.63) is 101 Å². The summed E-state index contributed by atoms with van der Waals surface area (Å²) in [5.74, 6) is -0.870. The Morgan fingerprint density at radius 1 is 0.935 bits per heavy atom. The average molecular weight is 418 g/mol. The van der Waals surface area contributed by atoms with Crippen molar-refractivity contribution in [2.24, 2.45) is 5.10 Å². The predicted molar refractivity (Wildman–Crippen MR) is 116 cm³/mol. The van der Waals surface area contributed by atoms with Crippen molar-refractivity contribution in [3.63, 3.8) is 0 Å². The van der Waals surface area contributed by atoms with Crippen LogP contribution >= 0.6 is 0 Å².